The Hall–Kier alpha value is -2.71. The SMILES string of the molecule is CC(C)(C)OC(=O)N1CCC(c2ccc(Nc3nc(N4CC[I-][N+](C)(O)CC4)cnc3C(N)=O)cc2)CC1. The van der Waals surface area contributed by atoms with Crippen LogP contribution in [-0.4, -0.2) is 84.7 Å². The van der Waals surface area contributed by atoms with E-state index in [1.807, 2.05) is 40.0 Å². The van der Waals surface area contributed by atoms with Gasteiger partial charge in [0.05, 0.1) is 0 Å². The van der Waals surface area contributed by atoms with Crippen molar-refractivity contribution in [3.05, 3.63) is 41.7 Å². The third-order valence-corrected chi connectivity index (χ3v) is 9.50. The van der Waals surface area contributed by atoms with E-state index in [-0.39, 0.29) is 36.1 Å². The van der Waals surface area contributed by atoms with Gasteiger partial charge in [0, 0.05) is 13.1 Å². The van der Waals surface area contributed by atoms with Crippen LogP contribution >= 0.6 is 0 Å². The molecule has 1 aromatic carbocycles. The van der Waals surface area contributed by atoms with Gasteiger partial charge in [0.25, 0.3) is 0 Å². The molecule has 2 aliphatic heterocycles. The van der Waals surface area contributed by atoms with Gasteiger partial charge in [0.15, 0.2) is 0 Å². The summed E-state index contributed by atoms with van der Waals surface area (Å²) in [7, 11) is 1.85. The van der Waals surface area contributed by atoms with Crippen LogP contribution in [0.25, 0.3) is 0 Å². The predicted molar refractivity (Wildman–Crippen MR) is 140 cm³/mol. The van der Waals surface area contributed by atoms with Crippen LogP contribution in [0.2, 0.25) is 0 Å². The number of likely N-dealkylation sites (N-methyl/N-ethyl adjacent to an activating group) is 1. The van der Waals surface area contributed by atoms with Gasteiger partial charge in [-0.05, 0) is 33.6 Å². The van der Waals surface area contributed by atoms with Crippen molar-refractivity contribution in [3.8, 4) is 0 Å². The number of alkyl halides is 1. The van der Waals surface area contributed by atoms with E-state index in [0.717, 1.165) is 29.5 Å². The van der Waals surface area contributed by atoms with Gasteiger partial charge in [0.1, 0.15) is 5.60 Å². The fourth-order valence-electron chi connectivity index (χ4n) is 4.52. The second kappa shape index (κ2) is 11.6. The first-order valence-electron chi connectivity index (χ1n) is 12.9. The van der Waals surface area contributed by atoms with Crippen molar-refractivity contribution in [2.45, 2.75) is 45.1 Å². The van der Waals surface area contributed by atoms with Crippen LogP contribution in [-0.2, 0) is 4.74 Å². The van der Waals surface area contributed by atoms with E-state index in [4.69, 9.17) is 15.5 Å². The summed E-state index contributed by atoms with van der Waals surface area (Å²) in [5.74, 6) is 0.667. The molecule has 4 N–H and O–H groups in total. The second-order valence-electron chi connectivity index (χ2n) is 10.8. The predicted octanol–water partition coefficient (Wildman–Crippen LogP) is 0.0934. The molecular weight excluding hydrogens is 601 g/mol. The van der Waals surface area contributed by atoms with E-state index in [1.165, 1.54) is 5.56 Å². The third-order valence-electron chi connectivity index (χ3n) is 6.58. The summed E-state index contributed by atoms with van der Waals surface area (Å²) in [6.07, 6.45) is 3.06. The normalized spacial score (nSPS) is 21.3. The molecule has 12 heteroatoms. The fraction of sp³-hybridized carbons (Fsp3) is 0.538. The topological polar surface area (TPSA) is 134 Å². The first kappa shape index (κ1) is 28.3. The number of hydrogen-bond donors (Lipinski definition) is 3. The standard InChI is InChI=1S/C26H38IN7O4/c1-26(2,3)38-25(36)33-12-9-19(10-13-33)18-5-7-20(8-6-18)30-24-22(23(28)35)29-17-21(31-24)32-14-11-27-34(4,37)16-15-32/h5-8,17,19,37H,9-16H2,1-4H3,(H2,28,35)(H,30,31). The number of nitrogens with one attached hydrogen (secondary N) is 1. The van der Waals surface area contributed by atoms with Gasteiger partial charge in [-0.25, -0.2) is 4.79 Å². The number of carbonyl (C=O) groups excluding carboxylic acids is 2. The summed E-state index contributed by atoms with van der Waals surface area (Å²) < 4.78 is 6.51. The van der Waals surface area contributed by atoms with E-state index in [1.54, 1.807) is 11.1 Å². The maximum absolute atomic E-state index is 12.4. The van der Waals surface area contributed by atoms with Gasteiger partial charge in [0.2, 0.25) is 0 Å². The van der Waals surface area contributed by atoms with Crippen LogP contribution in [0, 0.1) is 0 Å². The van der Waals surface area contributed by atoms with Crippen molar-refractivity contribution >= 4 is 29.3 Å². The molecule has 2 aromatic rings. The number of ether oxygens (including phenoxy) is 1. The minimum absolute atomic E-state index is 0.0809. The first-order chi connectivity index (χ1) is 17.9. The maximum Gasteiger partial charge on any atom is 0.0244 e. The number of likely N-dealkylation sites (tertiary alicyclic amines) is 1. The molecule has 0 radical (unpaired) electrons. The van der Waals surface area contributed by atoms with Gasteiger partial charge >= 0.3 is 168 Å². The Morgan fingerprint density at radius 3 is 2.47 bits per heavy atom. The van der Waals surface area contributed by atoms with E-state index >= 15 is 0 Å². The number of hydrogen-bond acceptors (Lipinski definition) is 8. The second-order valence-corrected chi connectivity index (χ2v) is 14.7. The Balaban J connectivity index is 1.42. The Bertz CT molecular complexity index is 1150. The zero-order valence-corrected chi connectivity index (χ0v) is 24.6. The van der Waals surface area contributed by atoms with Crippen LogP contribution in [0.4, 0.5) is 22.1 Å². The number of anilines is 3. The molecule has 2 fully saturated rings. The third kappa shape index (κ3) is 7.44. The summed E-state index contributed by atoms with van der Waals surface area (Å²) >= 11 is -0.377. The van der Waals surface area contributed by atoms with Crippen LogP contribution in [0.3, 0.4) is 0 Å². The van der Waals surface area contributed by atoms with Crippen molar-refractivity contribution in [2.24, 2.45) is 5.73 Å². The van der Waals surface area contributed by atoms with Crippen molar-refractivity contribution in [1.29, 1.82) is 0 Å². The largest absolute Gasteiger partial charge is 0.0283 e. The molecule has 0 saturated carbocycles. The minimum Gasteiger partial charge on any atom is -0.0283 e. The molecule has 11 nitrogen and oxygen atoms in total. The summed E-state index contributed by atoms with van der Waals surface area (Å²) in [4.78, 5) is 37.3. The zero-order chi connectivity index (χ0) is 27.5. The fourth-order valence-corrected chi connectivity index (χ4v) is 6.92. The molecule has 0 spiro atoms. The first-order valence-corrected chi connectivity index (χ1v) is 15.4. The number of carbonyl (C=O) groups is 2. The number of nitrogens with zero attached hydrogens (tertiary/aromatic N) is 5. The average molecular weight is 640 g/mol. The number of amides is 2. The number of quaternary nitrogens is 1. The number of aromatic nitrogens is 2. The van der Waals surface area contributed by atoms with Crippen molar-refractivity contribution in [2.75, 3.05) is 54.4 Å². The van der Waals surface area contributed by atoms with Crippen LogP contribution in [0.5, 0.6) is 0 Å². The minimum atomic E-state index is -0.652. The van der Waals surface area contributed by atoms with Crippen molar-refractivity contribution in [1.82, 2.24) is 14.9 Å². The average Bonchev–Trinajstić information content (AvgIpc) is 3.04. The number of nitrogens with two attached hydrogens (primary N) is 1. The van der Waals surface area contributed by atoms with Crippen LogP contribution < -0.4 is 37.4 Å². The molecule has 1 unspecified atom stereocenters. The smallest absolute Gasteiger partial charge is 0.0244 e. The van der Waals surface area contributed by atoms with Gasteiger partial charge in [-0.2, -0.15) is 0 Å². The molecule has 2 aliphatic rings. The van der Waals surface area contributed by atoms with Gasteiger partial charge in [-0.1, -0.05) is 0 Å². The molecule has 38 heavy (non-hydrogen) atoms. The molecule has 0 bridgehead atoms. The molecule has 1 atom stereocenters. The summed E-state index contributed by atoms with van der Waals surface area (Å²) in [6.45, 7) is 9.01. The summed E-state index contributed by atoms with van der Waals surface area (Å²) in [5, 5.41) is 13.6. The maximum atomic E-state index is 12.4. The molecule has 4 rings (SSSR count). The van der Waals surface area contributed by atoms with Crippen LogP contribution in [0.1, 0.15) is 55.6 Å². The van der Waals surface area contributed by atoms with Gasteiger partial charge in [-0.3, -0.25) is 0 Å². The van der Waals surface area contributed by atoms with E-state index in [0.29, 0.717) is 43.7 Å². The number of benzene rings is 1. The number of piperidine rings is 1. The molecule has 0 aliphatic carbocycles. The summed E-state index contributed by atoms with van der Waals surface area (Å²) in [5.41, 5.74) is 7.14. The number of primary amides is 1. The zero-order valence-electron chi connectivity index (χ0n) is 22.5. The Kier molecular flexibility index (Phi) is 8.62. The van der Waals surface area contributed by atoms with Crippen molar-refractivity contribution in [3.63, 3.8) is 0 Å². The van der Waals surface area contributed by atoms with Gasteiger partial charge in [-0.15, -0.1) is 0 Å². The Labute approximate surface area is 234 Å². The Morgan fingerprint density at radius 2 is 1.84 bits per heavy atom. The van der Waals surface area contributed by atoms with Gasteiger partial charge < -0.3 is 9.64 Å². The quantitative estimate of drug-likeness (QED) is 0.238. The van der Waals surface area contributed by atoms with Crippen LogP contribution in [0.15, 0.2) is 30.5 Å². The Morgan fingerprint density at radius 1 is 1.16 bits per heavy atom. The molecular formula is C26H38IN7O4. The van der Waals surface area contributed by atoms with E-state index < -0.39 is 11.5 Å². The number of rotatable bonds is 5. The van der Waals surface area contributed by atoms with E-state index in [9.17, 15) is 14.8 Å². The van der Waals surface area contributed by atoms with E-state index in [2.05, 4.69) is 27.3 Å². The summed E-state index contributed by atoms with van der Waals surface area (Å²) in [6, 6.07) is 8.05. The molecule has 3 heterocycles. The molecule has 2 amide bonds. The van der Waals surface area contributed by atoms with Crippen molar-refractivity contribution < 1.29 is 43.9 Å². The monoisotopic (exact) mass is 639 g/mol. The number of hydroxylamine groups is 2. The molecule has 208 valence electrons. The molecule has 1 aromatic heterocycles. The number of halogens is 1. The molecule has 2 saturated heterocycles.